The molecule has 3 nitrogen and oxygen atoms in total. The van der Waals surface area contributed by atoms with E-state index < -0.39 is 0 Å². The van der Waals surface area contributed by atoms with Crippen LogP contribution in [0.2, 0.25) is 0 Å². The summed E-state index contributed by atoms with van der Waals surface area (Å²) in [7, 11) is 0. The van der Waals surface area contributed by atoms with Crippen LogP contribution in [0.15, 0.2) is 0 Å². The molecule has 4 heteroatoms. The fourth-order valence-electron chi connectivity index (χ4n) is 3.47. The van der Waals surface area contributed by atoms with Crippen LogP contribution in [0, 0.1) is 11.8 Å². The van der Waals surface area contributed by atoms with Gasteiger partial charge in [-0.25, -0.2) is 0 Å². The van der Waals surface area contributed by atoms with Crippen molar-refractivity contribution < 1.29 is 4.79 Å². The van der Waals surface area contributed by atoms with Crippen LogP contribution < -0.4 is 0 Å². The van der Waals surface area contributed by atoms with Gasteiger partial charge in [0.15, 0.2) is 0 Å². The molecule has 0 aromatic heterocycles. The number of likely N-dealkylation sites (tertiary alicyclic amines) is 2. The van der Waals surface area contributed by atoms with Gasteiger partial charge in [0.25, 0.3) is 0 Å². The zero-order valence-corrected chi connectivity index (χ0v) is 15.4. The highest BCUT2D eigenvalue weighted by Crippen LogP contribution is 2.23. The Balaban J connectivity index is 1.53. The SMILES string of the molecule is CC(C)CSCCCN1CCC(CC(=O)N2CCCC2)CC1. The number of carbonyl (C=O) groups is 1. The Morgan fingerprint density at radius 2 is 1.82 bits per heavy atom. The number of thioether (sulfide) groups is 1. The van der Waals surface area contributed by atoms with Crippen LogP contribution in [0.25, 0.3) is 0 Å². The van der Waals surface area contributed by atoms with E-state index in [1.54, 1.807) is 0 Å². The molecule has 0 saturated carbocycles. The van der Waals surface area contributed by atoms with E-state index in [-0.39, 0.29) is 0 Å². The Labute approximate surface area is 141 Å². The Kier molecular flexibility index (Phi) is 8.09. The van der Waals surface area contributed by atoms with E-state index >= 15 is 0 Å². The van der Waals surface area contributed by atoms with Crippen molar-refractivity contribution in [2.45, 2.75) is 52.4 Å². The van der Waals surface area contributed by atoms with Crippen LogP contribution in [0.1, 0.15) is 52.4 Å². The molecule has 22 heavy (non-hydrogen) atoms. The molecule has 0 unspecified atom stereocenters. The van der Waals surface area contributed by atoms with E-state index in [1.165, 1.54) is 63.2 Å². The first kappa shape index (κ1) is 18.1. The molecule has 2 fully saturated rings. The largest absolute Gasteiger partial charge is 0.343 e. The zero-order chi connectivity index (χ0) is 15.8. The van der Waals surface area contributed by atoms with Gasteiger partial charge in [-0.3, -0.25) is 4.79 Å². The summed E-state index contributed by atoms with van der Waals surface area (Å²) in [5, 5.41) is 0. The molecule has 0 aliphatic carbocycles. The maximum absolute atomic E-state index is 12.2. The maximum atomic E-state index is 12.2. The molecule has 2 aliphatic rings. The highest BCUT2D eigenvalue weighted by molar-refractivity contribution is 7.99. The first-order chi connectivity index (χ1) is 10.6. The van der Waals surface area contributed by atoms with Crippen LogP contribution in [-0.2, 0) is 4.79 Å². The van der Waals surface area contributed by atoms with Gasteiger partial charge in [0.05, 0.1) is 0 Å². The topological polar surface area (TPSA) is 23.6 Å². The van der Waals surface area contributed by atoms with Crippen molar-refractivity contribution in [3.63, 3.8) is 0 Å². The van der Waals surface area contributed by atoms with Crippen molar-refractivity contribution in [2.24, 2.45) is 11.8 Å². The average Bonchev–Trinajstić information content (AvgIpc) is 3.02. The number of carbonyl (C=O) groups excluding carboxylic acids is 1. The second-order valence-corrected chi connectivity index (χ2v) is 8.55. The number of hydrogen-bond acceptors (Lipinski definition) is 3. The molecule has 0 atom stereocenters. The van der Waals surface area contributed by atoms with E-state index in [1.807, 2.05) is 0 Å². The molecule has 2 rings (SSSR count). The van der Waals surface area contributed by atoms with Gasteiger partial charge in [0.1, 0.15) is 0 Å². The molecular formula is C18H34N2OS. The third kappa shape index (κ3) is 6.49. The third-order valence-corrected chi connectivity index (χ3v) is 6.32. The molecular weight excluding hydrogens is 292 g/mol. The summed E-state index contributed by atoms with van der Waals surface area (Å²) < 4.78 is 0. The van der Waals surface area contributed by atoms with Crippen LogP contribution in [0.3, 0.4) is 0 Å². The second kappa shape index (κ2) is 9.82. The van der Waals surface area contributed by atoms with Crippen LogP contribution >= 0.6 is 11.8 Å². The lowest BCUT2D eigenvalue weighted by atomic mass is 9.93. The quantitative estimate of drug-likeness (QED) is 0.638. The lowest BCUT2D eigenvalue weighted by Crippen LogP contribution is -2.37. The van der Waals surface area contributed by atoms with Crippen molar-refractivity contribution in [1.29, 1.82) is 0 Å². The number of hydrogen-bond donors (Lipinski definition) is 0. The maximum Gasteiger partial charge on any atom is 0.222 e. The first-order valence-electron chi connectivity index (χ1n) is 9.23. The third-order valence-electron chi connectivity index (χ3n) is 4.84. The number of amides is 1. The fourth-order valence-corrected chi connectivity index (χ4v) is 4.44. The van der Waals surface area contributed by atoms with E-state index in [0.29, 0.717) is 11.8 Å². The van der Waals surface area contributed by atoms with Crippen LogP contribution in [-0.4, -0.2) is 59.9 Å². The molecule has 0 N–H and O–H groups in total. The summed E-state index contributed by atoms with van der Waals surface area (Å²) in [4.78, 5) is 16.9. The standard InChI is InChI=1S/C18H34N2OS/c1-16(2)15-22-13-5-8-19-11-6-17(7-12-19)14-18(21)20-9-3-4-10-20/h16-17H,3-15H2,1-2H3. The predicted octanol–water partition coefficient (Wildman–Crippen LogP) is 3.49. The molecule has 1 amide bonds. The van der Waals surface area contributed by atoms with Crippen molar-refractivity contribution in [3.05, 3.63) is 0 Å². The molecule has 0 bridgehead atoms. The molecule has 0 spiro atoms. The van der Waals surface area contributed by atoms with Gasteiger partial charge in [-0.1, -0.05) is 13.8 Å². The van der Waals surface area contributed by atoms with Gasteiger partial charge in [-0.15, -0.1) is 0 Å². The molecule has 0 aromatic carbocycles. The highest BCUT2D eigenvalue weighted by atomic mass is 32.2. The Morgan fingerprint density at radius 3 is 2.45 bits per heavy atom. The highest BCUT2D eigenvalue weighted by Gasteiger charge is 2.24. The van der Waals surface area contributed by atoms with E-state index in [4.69, 9.17) is 0 Å². The van der Waals surface area contributed by atoms with Gasteiger partial charge in [-0.05, 0) is 75.1 Å². The van der Waals surface area contributed by atoms with Crippen molar-refractivity contribution >= 4 is 17.7 Å². The van der Waals surface area contributed by atoms with Gasteiger partial charge in [0.2, 0.25) is 5.91 Å². The van der Waals surface area contributed by atoms with E-state index in [0.717, 1.165) is 25.4 Å². The summed E-state index contributed by atoms with van der Waals surface area (Å²) in [5.74, 6) is 4.46. The smallest absolute Gasteiger partial charge is 0.222 e. The summed E-state index contributed by atoms with van der Waals surface area (Å²) in [5.41, 5.74) is 0. The molecule has 2 saturated heterocycles. The van der Waals surface area contributed by atoms with Gasteiger partial charge in [0, 0.05) is 19.5 Å². The second-order valence-electron chi connectivity index (χ2n) is 7.40. The monoisotopic (exact) mass is 326 g/mol. The minimum Gasteiger partial charge on any atom is -0.343 e. The minimum atomic E-state index is 0.418. The van der Waals surface area contributed by atoms with Gasteiger partial charge in [-0.2, -0.15) is 11.8 Å². The number of rotatable bonds is 8. The van der Waals surface area contributed by atoms with Gasteiger partial charge < -0.3 is 9.80 Å². The molecule has 0 radical (unpaired) electrons. The normalized spacial score (nSPS) is 21.0. The Hall–Kier alpha value is -0.220. The van der Waals surface area contributed by atoms with E-state index in [9.17, 15) is 4.79 Å². The number of nitrogens with zero attached hydrogens (tertiary/aromatic N) is 2. The van der Waals surface area contributed by atoms with Crippen molar-refractivity contribution in [2.75, 3.05) is 44.2 Å². The summed E-state index contributed by atoms with van der Waals surface area (Å²) in [6, 6.07) is 0. The number of piperidine rings is 1. The summed E-state index contributed by atoms with van der Waals surface area (Å²) in [6.45, 7) is 10.2. The molecule has 0 aromatic rings. The van der Waals surface area contributed by atoms with E-state index in [2.05, 4.69) is 35.4 Å². The summed E-state index contributed by atoms with van der Waals surface area (Å²) >= 11 is 2.10. The van der Waals surface area contributed by atoms with Gasteiger partial charge >= 0.3 is 0 Å². The Morgan fingerprint density at radius 1 is 1.14 bits per heavy atom. The minimum absolute atomic E-state index is 0.418. The van der Waals surface area contributed by atoms with Crippen LogP contribution in [0.4, 0.5) is 0 Å². The van der Waals surface area contributed by atoms with Crippen molar-refractivity contribution in [3.8, 4) is 0 Å². The Bertz CT molecular complexity index is 321. The fraction of sp³-hybridized carbons (Fsp3) is 0.944. The predicted molar refractivity (Wildman–Crippen MR) is 96.4 cm³/mol. The molecule has 128 valence electrons. The average molecular weight is 327 g/mol. The van der Waals surface area contributed by atoms with Crippen LogP contribution in [0.5, 0.6) is 0 Å². The lowest BCUT2D eigenvalue weighted by Gasteiger charge is -2.32. The first-order valence-corrected chi connectivity index (χ1v) is 10.4. The summed E-state index contributed by atoms with van der Waals surface area (Å²) in [6.07, 6.45) is 6.97. The lowest BCUT2D eigenvalue weighted by molar-refractivity contribution is -0.131. The van der Waals surface area contributed by atoms with Crippen molar-refractivity contribution in [1.82, 2.24) is 9.80 Å². The zero-order valence-electron chi connectivity index (χ0n) is 14.6. The molecule has 2 aliphatic heterocycles. The molecule has 2 heterocycles.